The van der Waals surface area contributed by atoms with Gasteiger partial charge >= 0.3 is 0 Å². The maximum Gasteiger partial charge on any atom is 0.261 e. The van der Waals surface area contributed by atoms with Crippen LogP contribution in [0, 0.1) is 10.8 Å². The van der Waals surface area contributed by atoms with Gasteiger partial charge in [0.2, 0.25) is 11.8 Å². The number of hydrogen-bond acceptors (Lipinski definition) is 6. The smallest absolute Gasteiger partial charge is 0.261 e. The Morgan fingerprint density at radius 3 is 2.78 bits per heavy atom. The van der Waals surface area contributed by atoms with Crippen molar-refractivity contribution < 1.29 is 4.74 Å². The second-order valence-electron chi connectivity index (χ2n) is 6.50. The van der Waals surface area contributed by atoms with Crippen LogP contribution in [0.25, 0.3) is 10.9 Å². The lowest BCUT2D eigenvalue weighted by molar-refractivity contribution is 0.536. The molecule has 0 spiro atoms. The third-order valence-electron chi connectivity index (χ3n) is 4.68. The van der Waals surface area contributed by atoms with Crippen molar-refractivity contribution in [2.75, 3.05) is 0 Å². The first-order valence-electron chi connectivity index (χ1n) is 8.94. The summed E-state index contributed by atoms with van der Waals surface area (Å²) in [5.74, 6) is 0.427. The quantitative estimate of drug-likeness (QED) is 0.541. The van der Waals surface area contributed by atoms with Crippen molar-refractivity contribution in [1.82, 2.24) is 14.5 Å². The molecule has 3 heterocycles. The molecule has 7 nitrogen and oxygen atoms in total. The van der Waals surface area contributed by atoms with E-state index >= 15 is 0 Å². The van der Waals surface area contributed by atoms with Gasteiger partial charge in [-0.1, -0.05) is 12.5 Å². The van der Waals surface area contributed by atoms with Crippen molar-refractivity contribution >= 4 is 22.7 Å². The van der Waals surface area contributed by atoms with Gasteiger partial charge in [-0.3, -0.25) is 25.2 Å². The number of benzene rings is 1. The summed E-state index contributed by atoms with van der Waals surface area (Å²) in [7, 11) is 0. The van der Waals surface area contributed by atoms with E-state index in [0.29, 0.717) is 28.7 Å². The van der Waals surface area contributed by atoms with E-state index < -0.39 is 0 Å². The Labute approximate surface area is 155 Å². The Morgan fingerprint density at radius 2 is 1.96 bits per heavy atom. The summed E-state index contributed by atoms with van der Waals surface area (Å²) in [4.78, 5) is 21.5. The number of fused-ring (bicyclic) bond motifs is 2. The fourth-order valence-electron chi connectivity index (χ4n) is 3.27. The van der Waals surface area contributed by atoms with E-state index in [1.807, 2.05) is 0 Å². The minimum absolute atomic E-state index is 0.0304. The topological polar surface area (TPSA) is 105 Å². The second-order valence-corrected chi connectivity index (χ2v) is 6.50. The predicted molar refractivity (Wildman–Crippen MR) is 103 cm³/mol. The highest BCUT2D eigenvalue weighted by Crippen LogP contribution is 2.17. The van der Waals surface area contributed by atoms with Gasteiger partial charge in [-0.25, -0.2) is 4.98 Å². The van der Waals surface area contributed by atoms with Crippen molar-refractivity contribution in [3.05, 3.63) is 70.0 Å². The molecule has 2 aromatic heterocycles. The minimum Gasteiger partial charge on any atom is -0.419 e. The average molecular weight is 361 g/mol. The molecule has 0 aliphatic carbocycles. The summed E-state index contributed by atoms with van der Waals surface area (Å²) in [5.41, 5.74) is 1.35. The second kappa shape index (κ2) is 7.11. The van der Waals surface area contributed by atoms with Crippen molar-refractivity contribution in [3.63, 3.8) is 0 Å². The van der Waals surface area contributed by atoms with Crippen molar-refractivity contribution in [2.45, 2.75) is 32.2 Å². The molecule has 1 aromatic carbocycles. The predicted octanol–water partition coefficient (Wildman–Crippen LogP) is 2.89. The van der Waals surface area contributed by atoms with E-state index in [0.717, 1.165) is 31.5 Å². The Hall–Kier alpha value is -3.35. The van der Waals surface area contributed by atoms with Gasteiger partial charge in [-0.2, -0.15) is 0 Å². The molecule has 0 unspecified atom stereocenters. The van der Waals surface area contributed by atoms with Crippen LogP contribution in [0.3, 0.4) is 0 Å². The van der Waals surface area contributed by atoms with Gasteiger partial charge in [-0.05, 0) is 43.2 Å². The monoisotopic (exact) mass is 361 g/mol. The average Bonchev–Trinajstić information content (AvgIpc) is 2.94. The molecule has 2 N–H and O–H groups in total. The molecule has 0 bridgehead atoms. The van der Waals surface area contributed by atoms with Crippen molar-refractivity contribution in [2.24, 2.45) is 0 Å². The highest BCUT2D eigenvalue weighted by Gasteiger charge is 2.16. The van der Waals surface area contributed by atoms with Gasteiger partial charge in [0.1, 0.15) is 11.5 Å². The molecule has 0 radical (unpaired) electrons. The maximum atomic E-state index is 12.8. The normalized spacial score (nSPS) is 13.6. The molecule has 0 fully saturated rings. The van der Waals surface area contributed by atoms with Crippen LogP contribution in [0.2, 0.25) is 0 Å². The molecule has 1 aliphatic heterocycles. The minimum atomic E-state index is -0.198. The third kappa shape index (κ3) is 3.36. The summed E-state index contributed by atoms with van der Waals surface area (Å²) in [6, 6.07) is 10.2. The van der Waals surface area contributed by atoms with Crippen LogP contribution >= 0.6 is 0 Å². The molecule has 4 rings (SSSR count). The van der Waals surface area contributed by atoms with Crippen LogP contribution < -0.4 is 5.56 Å². The zero-order valence-corrected chi connectivity index (χ0v) is 14.7. The number of hydrogen-bond donors (Lipinski definition) is 2. The lowest BCUT2D eigenvalue weighted by Gasteiger charge is -2.11. The number of aromatic nitrogens is 3. The summed E-state index contributed by atoms with van der Waals surface area (Å²) in [6.45, 7) is 0.707. The SMILES string of the molecule is N=C(OC(=N)c1ccccn1)c1ccc2c(=O)n3c(nc2c1)CCCCC3. The van der Waals surface area contributed by atoms with E-state index in [4.69, 9.17) is 15.6 Å². The summed E-state index contributed by atoms with van der Waals surface area (Å²) < 4.78 is 7.10. The number of nitrogens with one attached hydrogen (secondary N) is 2. The van der Waals surface area contributed by atoms with Crippen LogP contribution in [0.5, 0.6) is 0 Å². The molecule has 1 aliphatic rings. The van der Waals surface area contributed by atoms with E-state index in [-0.39, 0.29) is 17.4 Å². The standard InChI is InChI=1S/C20H19N5O2/c21-18(27-19(22)15-6-3-4-10-23-15)13-8-9-14-16(12-13)24-17-7-2-1-5-11-25(17)20(14)26/h3-4,6,8-10,12,21-22H,1-2,5,7,11H2. The van der Waals surface area contributed by atoms with E-state index in [1.54, 1.807) is 47.2 Å². The Morgan fingerprint density at radius 1 is 1.07 bits per heavy atom. The van der Waals surface area contributed by atoms with Crippen LogP contribution in [-0.4, -0.2) is 26.3 Å². The molecule has 0 saturated heterocycles. The van der Waals surface area contributed by atoms with Crippen LogP contribution in [0.1, 0.15) is 36.3 Å². The van der Waals surface area contributed by atoms with Gasteiger partial charge < -0.3 is 4.74 Å². The van der Waals surface area contributed by atoms with Crippen LogP contribution in [0.4, 0.5) is 0 Å². The number of pyridine rings is 1. The molecule has 0 saturated carbocycles. The Bertz CT molecular complexity index is 1090. The van der Waals surface area contributed by atoms with E-state index in [1.165, 1.54) is 0 Å². The van der Waals surface area contributed by atoms with Crippen LogP contribution in [0.15, 0.2) is 47.4 Å². The highest BCUT2D eigenvalue weighted by atomic mass is 16.5. The molecule has 27 heavy (non-hydrogen) atoms. The van der Waals surface area contributed by atoms with E-state index in [2.05, 4.69) is 9.97 Å². The number of nitrogens with zero attached hydrogens (tertiary/aromatic N) is 3. The first-order chi connectivity index (χ1) is 13.1. The van der Waals surface area contributed by atoms with Gasteiger partial charge in [0.05, 0.1) is 10.9 Å². The summed E-state index contributed by atoms with van der Waals surface area (Å²) in [6.07, 6.45) is 5.46. The van der Waals surface area contributed by atoms with Crippen molar-refractivity contribution in [3.8, 4) is 0 Å². The fourth-order valence-corrected chi connectivity index (χ4v) is 3.27. The molecular formula is C20H19N5O2. The lowest BCUT2D eigenvalue weighted by Crippen LogP contribution is -2.24. The maximum absolute atomic E-state index is 12.8. The van der Waals surface area contributed by atoms with Gasteiger partial charge in [-0.15, -0.1) is 0 Å². The largest absolute Gasteiger partial charge is 0.419 e. The Balaban J connectivity index is 1.66. The van der Waals surface area contributed by atoms with E-state index in [9.17, 15) is 4.79 Å². The zero-order chi connectivity index (χ0) is 18.8. The Kier molecular flexibility index (Phi) is 4.50. The summed E-state index contributed by atoms with van der Waals surface area (Å²) in [5, 5.41) is 16.7. The van der Waals surface area contributed by atoms with Gasteiger partial charge in [0, 0.05) is 24.7 Å². The first kappa shape index (κ1) is 17.1. The van der Waals surface area contributed by atoms with Crippen molar-refractivity contribution in [1.29, 1.82) is 10.8 Å². The number of aryl methyl sites for hydroxylation is 1. The number of rotatable bonds is 2. The molecule has 136 valence electrons. The van der Waals surface area contributed by atoms with Gasteiger partial charge in [0.25, 0.3) is 5.56 Å². The first-order valence-corrected chi connectivity index (χ1v) is 8.94. The third-order valence-corrected chi connectivity index (χ3v) is 4.68. The molecular weight excluding hydrogens is 342 g/mol. The number of ether oxygens (including phenoxy) is 1. The zero-order valence-electron chi connectivity index (χ0n) is 14.7. The lowest BCUT2D eigenvalue weighted by atomic mass is 10.1. The molecule has 7 heteroatoms. The molecule has 0 atom stereocenters. The fraction of sp³-hybridized carbons (Fsp3) is 0.250. The van der Waals surface area contributed by atoms with Gasteiger partial charge in [0.15, 0.2) is 0 Å². The molecule has 3 aromatic rings. The highest BCUT2D eigenvalue weighted by molar-refractivity contribution is 6.05. The molecule has 0 amide bonds. The van der Waals surface area contributed by atoms with Crippen LogP contribution in [-0.2, 0) is 17.7 Å². The summed E-state index contributed by atoms with van der Waals surface area (Å²) >= 11 is 0.